The number of rotatable bonds is 2. The minimum atomic E-state index is 0.196. The van der Waals surface area contributed by atoms with Gasteiger partial charge in [-0.15, -0.1) is 0 Å². The summed E-state index contributed by atoms with van der Waals surface area (Å²) in [5.41, 5.74) is 0.877. The van der Waals surface area contributed by atoms with Crippen LogP contribution < -0.4 is 0 Å². The highest BCUT2D eigenvalue weighted by Gasteiger charge is 2.13. The van der Waals surface area contributed by atoms with Gasteiger partial charge in [-0.05, 0) is 0 Å². The molecule has 3 nitrogen and oxygen atoms in total. The predicted molar refractivity (Wildman–Crippen MR) is 33.8 cm³/mol. The maximum atomic E-state index is 10.6. The van der Waals surface area contributed by atoms with Crippen molar-refractivity contribution in [1.29, 1.82) is 0 Å². The molecule has 1 heterocycles. The lowest BCUT2D eigenvalue weighted by atomic mass is 10.2. The quantitative estimate of drug-likeness (QED) is 0.525. The molecule has 0 amide bonds. The van der Waals surface area contributed by atoms with E-state index in [9.17, 15) is 4.79 Å². The molecule has 0 spiro atoms. The van der Waals surface area contributed by atoms with E-state index in [-0.39, 0.29) is 5.78 Å². The van der Waals surface area contributed by atoms with Gasteiger partial charge in [0, 0.05) is 19.2 Å². The summed E-state index contributed by atoms with van der Waals surface area (Å²) in [6.45, 7) is 0.866. The Kier molecular flexibility index (Phi) is 1.95. The maximum absolute atomic E-state index is 10.6. The molecule has 0 unspecified atom stereocenters. The van der Waals surface area contributed by atoms with E-state index in [0.717, 1.165) is 5.71 Å². The van der Waals surface area contributed by atoms with Gasteiger partial charge in [-0.2, -0.15) is 0 Å². The van der Waals surface area contributed by atoms with Crippen LogP contribution in [0.4, 0.5) is 0 Å². The second-order valence-electron chi connectivity index (χ2n) is 2.03. The summed E-state index contributed by atoms with van der Waals surface area (Å²) in [5.74, 6) is 0.196. The van der Waals surface area contributed by atoms with Crippen molar-refractivity contribution in [2.45, 2.75) is 6.42 Å². The van der Waals surface area contributed by atoms with Crippen LogP contribution in [-0.2, 0) is 9.53 Å². The first-order chi connectivity index (χ1) is 4.33. The summed E-state index contributed by atoms with van der Waals surface area (Å²) in [4.78, 5) is 14.5. The molecule has 9 heavy (non-hydrogen) atoms. The van der Waals surface area contributed by atoms with Crippen LogP contribution in [0.3, 0.4) is 0 Å². The number of carbonyl (C=O) groups excluding carboxylic acids is 1. The number of hydrogen-bond acceptors (Lipinski definition) is 3. The third kappa shape index (κ3) is 1.61. The molecule has 0 aliphatic carbocycles. The van der Waals surface area contributed by atoms with Gasteiger partial charge in [0.1, 0.15) is 0 Å². The highest BCUT2D eigenvalue weighted by atomic mass is 16.5. The molecule has 0 radical (unpaired) electrons. The van der Waals surface area contributed by atoms with Gasteiger partial charge in [0.05, 0.1) is 13.2 Å². The van der Waals surface area contributed by atoms with Crippen molar-refractivity contribution in [3.63, 3.8) is 0 Å². The van der Waals surface area contributed by atoms with E-state index < -0.39 is 0 Å². The molecule has 3 heteroatoms. The fraction of sp³-hybridized carbons (Fsp3) is 0.667. The minimum absolute atomic E-state index is 0.196. The molecule has 0 atom stereocenters. The van der Waals surface area contributed by atoms with Gasteiger partial charge in [0.15, 0.2) is 5.78 Å². The monoisotopic (exact) mass is 127 g/mol. The molecule has 0 aromatic heterocycles. The lowest BCUT2D eigenvalue weighted by Gasteiger charge is -1.92. The van der Waals surface area contributed by atoms with Crippen LogP contribution in [0, 0.1) is 0 Å². The SMILES string of the molecule is COCC1=NCC(=O)C1. The zero-order valence-corrected chi connectivity index (χ0v) is 5.39. The van der Waals surface area contributed by atoms with Crippen LogP contribution in [-0.4, -0.2) is 31.8 Å². The molecule has 1 aliphatic rings. The van der Waals surface area contributed by atoms with Gasteiger partial charge < -0.3 is 4.74 Å². The number of ketones is 1. The summed E-state index contributed by atoms with van der Waals surface area (Å²) in [6.07, 6.45) is 0.494. The van der Waals surface area contributed by atoms with Crippen LogP contribution in [0.25, 0.3) is 0 Å². The first-order valence-corrected chi connectivity index (χ1v) is 2.86. The van der Waals surface area contributed by atoms with Crippen molar-refractivity contribution in [1.82, 2.24) is 0 Å². The zero-order valence-electron chi connectivity index (χ0n) is 5.39. The molecule has 50 valence electrons. The van der Waals surface area contributed by atoms with Crippen LogP contribution in [0.2, 0.25) is 0 Å². The van der Waals surface area contributed by atoms with E-state index in [1.807, 2.05) is 0 Å². The third-order valence-corrected chi connectivity index (χ3v) is 1.19. The first-order valence-electron chi connectivity index (χ1n) is 2.86. The summed E-state index contributed by atoms with van der Waals surface area (Å²) < 4.78 is 4.79. The van der Waals surface area contributed by atoms with Gasteiger partial charge in [0.2, 0.25) is 0 Å². The van der Waals surface area contributed by atoms with Crippen molar-refractivity contribution in [2.24, 2.45) is 4.99 Å². The predicted octanol–water partition coefficient (Wildman–Crippen LogP) is 0.0466. The second-order valence-corrected chi connectivity index (χ2v) is 2.03. The lowest BCUT2D eigenvalue weighted by molar-refractivity contribution is -0.116. The molecule has 0 aromatic carbocycles. The minimum Gasteiger partial charge on any atom is -0.379 e. The smallest absolute Gasteiger partial charge is 0.159 e. The Morgan fingerprint density at radius 3 is 3.00 bits per heavy atom. The molecule has 0 saturated carbocycles. The van der Waals surface area contributed by atoms with Gasteiger partial charge in [-0.1, -0.05) is 0 Å². The summed E-state index contributed by atoms with van der Waals surface area (Å²) in [7, 11) is 1.60. The first kappa shape index (κ1) is 6.42. The molecule has 0 fully saturated rings. The number of hydrogen-bond donors (Lipinski definition) is 0. The van der Waals surface area contributed by atoms with Crippen LogP contribution in [0.1, 0.15) is 6.42 Å². The number of ether oxygens (including phenoxy) is 1. The number of Topliss-reactive ketones (excluding diaryl/α,β-unsaturated/α-hetero) is 1. The molecule has 1 aliphatic heterocycles. The lowest BCUT2D eigenvalue weighted by Crippen LogP contribution is -2.05. The molecule has 0 saturated heterocycles. The zero-order chi connectivity index (χ0) is 6.69. The normalized spacial score (nSPS) is 18.3. The summed E-state index contributed by atoms with van der Waals surface area (Å²) in [6, 6.07) is 0. The van der Waals surface area contributed by atoms with Crippen LogP contribution >= 0.6 is 0 Å². The fourth-order valence-corrected chi connectivity index (χ4v) is 0.803. The number of aliphatic imine (C=N–C) groups is 1. The molecule has 0 aromatic rings. The average molecular weight is 127 g/mol. The standard InChI is InChI=1S/C6H9NO2/c1-9-4-5-2-6(8)3-7-5/h2-4H2,1H3. The molecule has 0 N–H and O–H groups in total. The van der Waals surface area contributed by atoms with E-state index in [2.05, 4.69) is 4.99 Å². The van der Waals surface area contributed by atoms with Gasteiger partial charge in [0.25, 0.3) is 0 Å². The fourth-order valence-electron chi connectivity index (χ4n) is 0.803. The maximum Gasteiger partial charge on any atom is 0.159 e. The number of carbonyl (C=O) groups is 1. The van der Waals surface area contributed by atoms with Crippen LogP contribution in [0.5, 0.6) is 0 Å². The molecular formula is C6H9NO2. The van der Waals surface area contributed by atoms with E-state index >= 15 is 0 Å². The van der Waals surface area contributed by atoms with Crippen molar-refractivity contribution >= 4 is 11.5 Å². The molecular weight excluding hydrogens is 118 g/mol. The summed E-state index contributed by atoms with van der Waals surface area (Å²) in [5, 5.41) is 0. The Balaban J connectivity index is 2.36. The molecule has 0 bridgehead atoms. The number of nitrogens with zero attached hydrogens (tertiary/aromatic N) is 1. The molecule has 1 rings (SSSR count). The Bertz CT molecular complexity index is 151. The van der Waals surface area contributed by atoms with E-state index in [1.54, 1.807) is 7.11 Å². The highest BCUT2D eigenvalue weighted by molar-refractivity contribution is 6.08. The highest BCUT2D eigenvalue weighted by Crippen LogP contribution is 1.99. The largest absolute Gasteiger partial charge is 0.379 e. The van der Waals surface area contributed by atoms with Gasteiger partial charge >= 0.3 is 0 Å². The van der Waals surface area contributed by atoms with Crippen LogP contribution in [0.15, 0.2) is 4.99 Å². The Hall–Kier alpha value is -0.700. The number of methoxy groups -OCH3 is 1. The van der Waals surface area contributed by atoms with Gasteiger partial charge in [-0.3, -0.25) is 9.79 Å². The van der Waals surface area contributed by atoms with E-state index in [4.69, 9.17) is 4.74 Å². The Morgan fingerprint density at radius 2 is 2.56 bits per heavy atom. The summed E-state index contributed by atoms with van der Waals surface area (Å²) >= 11 is 0. The van der Waals surface area contributed by atoms with E-state index in [1.165, 1.54) is 0 Å². The van der Waals surface area contributed by atoms with Gasteiger partial charge in [-0.25, -0.2) is 0 Å². The van der Waals surface area contributed by atoms with Crippen molar-refractivity contribution in [3.8, 4) is 0 Å². The van der Waals surface area contributed by atoms with Crippen molar-refractivity contribution in [3.05, 3.63) is 0 Å². The van der Waals surface area contributed by atoms with E-state index in [0.29, 0.717) is 19.6 Å². The van der Waals surface area contributed by atoms with Crippen molar-refractivity contribution < 1.29 is 9.53 Å². The Labute approximate surface area is 53.7 Å². The third-order valence-electron chi connectivity index (χ3n) is 1.19. The topological polar surface area (TPSA) is 38.7 Å². The average Bonchev–Trinajstić information content (AvgIpc) is 2.17. The van der Waals surface area contributed by atoms with Crippen molar-refractivity contribution in [2.75, 3.05) is 20.3 Å². The second kappa shape index (κ2) is 2.73. The Morgan fingerprint density at radius 1 is 1.78 bits per heavy atom.